The first-order chi connectivity index (χ1) is 7.74. The van der Waals surface area contributed by atoms with Gasteiger partial charge in [0.2, 0.25) is 0 Å². The van der Waals surface area contributed by atoms with Crippen LogP contribution < -0.4 is 5.32 Å². The van der Waals surface area contributed by atoms with Crippen molar-refractivity contribution in [1.29, 1.82) is 5.26 Å². The van der Waals surface area contributed by atoms with Crippen LogP contribution in [0.3, 0.4) is 0 Å². The van der Waals surface area contributed by atoms with Crippen LogP contribution in [0.1, 0.15) is 12.8 Å². The van der Waals surface area contributed by atoms with Gasteiger partial charge in [0.25, 0.3) is 0 Å². The number of hydrogen-bond acceptors (Lipinski definition) is 3. The minimum Gasteiger partial charge on any atom is -0.367 e. The third-order valence-corrected chi connectivity index (χ3v) is 4.17. The molecule has 0 bridgehead atoms. The predicted molar refractivity (Wildman–Crippen MR) is 70.0 cm³/mol. The van der Waals surface area contributed by atoms with Gasteiger partial charge in [-0.3, -0.25) is 0 Å². The molecule has 1 atom stereocenters. The Morgan fingerprint density at radius 2 is 2.38 bits per heavy atom. The van der Waals surface area contributed by atoms with E-state index in [2.05, 4.69) is 11.4 Å². The van der Waals surface area contributed by atoms with Crippen molar-refractivity contribution in [1.82, 2.24) is 0 Å². The van der Waals surface area contributed by atoms with E-state index < -0.39 is 5.54 Å². The Hall–Kier alpha value is -0.850. The molecule has 0 spiro atoms. The number of halogens is 1. The second kappa shape index (κ2) is 4.99. The summed E-state index contributed by atoms with van der Waals surface area (Å²) in [6.07, 6.45) is 1.99. The van der Waals surface area contributed by atoms with Gasteiger partial charge in [-0.05, 0) is 36.8 Å². The van der Waals surface area contributed by atoms with Gasteiger partial charge < -0.3 is 5.32 Å². The molecule has 1 N–H and O–H groups in total. The number of anilines is 1. The van der Waals surface area contributed by atoms with E-state index in [9.17, 15) is 5.26 Å². The number of rotatable bonds is 2. The Kier molecular flexibility index (Phi) is 3.63. The fourth-order valence-corrected chi connectivity index (χ4v) is 3.16. The Bertz CT molecular complexity index is 408. The van der Waals surface area contributed by atoms with Gasteiger partial charge in [0, 0.05) is 16.5 Å². The largest absolute Gasteiger partial charge is 0.367 e. The highest BCUT2D eigenvalue weighted by molar-refractivity contribution is 7.99. The number of nitrogens with one attached hydrogen (secondary N) is 1. The second-order valence-electron chi connectivity index (χ2n) is 3.99. The first kappa shape index (κ1) is 11.6. The zero-order chi connectivity index (χ0) is 11.4. The molecule has 2 rings (SSSR count). The first-order valence-corrected chi connectivity index (χ1v) is 6.80. The number of thioether (sulfide) groups is 1. The van der Waals surface area contributed by atoms with Gasteiger partial charge in [0.15, 0.2) is 0 Å². The van der Waals surface area contributed by atoms with Crippen molar-refractivity contribution in [3.63, 3.8) is 0 Å². The maximum Gasteiger partial charge on any atom is 0.134 e. The summed E-state index contributed by atoms with van der Waals surface area (Å²) >= 11 is 7.75. The second-order valence-corrected chi connectivity index (χ2v) is 5.53. The fourth-order valence-electron chi connectivity index (χ4n) is 1.85. The minimum absolute atomic E-state index is 0.423. The highest BCUT2D eigenvalue weighted by Crippen LogP contribution is 2.30. The monoisotopic (exact) mass is 252 g/mol. The SMILES string of the molecule is N#CC1(Nc2cccc(Cl)c2)CCCSC1. The van der Waals surface area contributed by atoms with Crippen molar-refractivity contribution < 1.29 is 0 Å². The van der Waals surface area contributed by atoms with Crippen LogP contribution in [0.2, 0.25) is 5.02 Å². The molecule has 0 radical (unpaired) electrons. The summed E-state index contributed by atoms with van der Waals surface area (Å²) in [5, 5.41) is 13.3. The zero-order valence-electron chi connectivity index (χ0n) is 8.87. The average Bonchev–Trinajstić information content (AvgIpc) is 2.30. The molecule has 4 heteroatoms. The van der Waals surface area contributed by atoms with Crippen LogP contribution in [0.5, 0.6) is 0 Å². The topological polar surface area (TPSA) is 35.8 Å². The van der Waals surface area contributed by atoms with Gasteiger partial charge in [-0.25, -0.2) is 0 Å². The molecule has 0 aromatic heterocycles. The highest BCUT2D eigenvalue weighted by Gasteiger charge is 2.32. The van der Waals surface area contributed by atoms with Gasteiger partial charge in [-0.2, -0.15) is 17.0 Å². The summed E-state index contributed by atoms with van der Waals surface area (Å²) in [4.78, 5) is 0. The van der Waals surface area contributed by atoms with E-state index in [1.807, 2.05) is 36.0 Å². The molecule has 1 heterocycles. The molecular weight excluding hydrogens is 240 g/mol. The summed E-state index contributed by atoms with van der Waals surface area (Å²) in [6, 6.07) is 9.95. The van der Waals surface area contributed by atoms with Gasteiger partial charge in [-0.1, -0.05) is 17.7 Å². The quantitative estimate of drug-likeness (QED) is 0.875. The normalized spacial score (nSPS) is 24.8. The van der Waals surface area contributed by atoms with Gasteiger partial charge in [-0.15, -0.1) is 0 Å². The lowest BCUT2D eigenvalue weighted by molar-refractivity contribution is 0.576. The molecule has 0 saturated carbocycles. The first-order valence-electron chi connectivity index (χ1n) is 5.27. The van der Waals surface area contributed by atoms with Crippen LogP contribution in [-0.4, -0.2) is 17.0 Å². The van der Waals surface area contributed by atoms with Crippen LogP contribution in [0, 0.1) is 11.3 Å². The molecule has 1 unspecified atom stereocenters. The summed E-state index contributed by atoms with van der Waals surface area (Å²) in [7, 11) is 0. The van der Waals surface area contributed by atoms with E-state index >= 15 is 0 Å². The van der Waals surface area contributed by atoms with Gasteiger partial charge >= 0.3 is 0 Å². The Morgan fingerprint density at radius 1 is 1.50 bits per heavy atom. The maximum atomic E-state index is 9.31. The van der Waals surface area contributed by atoms with Crippen molar-refractivity contribution in [2.75, 3.05) is 16.8 Å². The summed E-state index contributed by atoms with van der Waals surface area (Å²) in [5.74, 6) is 2.00. The number of nitrogens with zero attached hydrogens (tertiary/aromatic N) is 1. The number of nitriles is 1. The standard InChI is InChI=1S/C12H13ClN2S/c13-10-3-1-4-11(7-10)15-12(8-14)5-2-6-16-9-12/h1,3-4,7,15H,2,5-6,9H2. The Morgan fingerprint density at radius 3 is 3.00 bits per heavy atom. The molecule has 1 saturated heterocycles. The van der Waals surface area contributed by atoms with Crippen LogP contribution in [0.25, 0.3) is 0 Å². The highest BCUT2D eigenvalue weighted by atomic mass is 35.5. The minimum atomic E-state index is -0.423. The molecule has 1 aliphatic heterocycles. The lowest BCUT2D eigenvalue weighted by Crippen LogP contribution is -2.41. The molecule has 2 nitrogen and oxygen atoms in total. The maximum absolute atomic E-state index is 9.31. The Balaban J connectivity index is 2.15. The van der Waals surface area contributed by atoms with Crippen LogP contribution in [-0.2, 0) is 0 Å². The molecule has 1 aliphatic rings. The van der Waals surface area contributed by atoms with E-state index in [0.717, 1.165) is 30.0 Å². The van der Waals surface area contributed by atoms with E-state index in [1.165, 1.54) is 0 Å². The summed E-state index contributed by atoms with van der Waals surface area (Å²) in [6.45, 7) is 0. The fraction of sp³-hybridized carbons (Fsp3) is 0.417. The number of hydrogen-bond donors (Lipinski definition) is 1. The van der Waals surface area contributed by atoms with Crippen molar-refractivity contribution in [2.24, 2.45) is 0 Å². The zero-order valence-corrected chi connectivity index (χ0v) is 10.4. The van der Waals surface area contributed by atoms with Crippen LogP contribution in [0.4, 0.5) is 5.69 Å². The van der Waals surface area contributed by atoms with Crippen LogP contribution >= 0.6 is 23.4 Å². The number of benzene rings is 1. The molecule has 84 valence electrons. The summed E-state index contributed by atoms with van der Waals surface area (Å²) < 4.78 is 0. The Labute approximate surface area is 105 Å². The van der Waals surface area contributed by atoms with E-state index in [-0.39, 0.29) is 0 Å². The molecule has 0 aliphatic carbocycles. The van der Waals surface area contributed by atoms with Crippen molar-refractivity contribution >= 4 is 29.1 Å². The van der Waals surface area contributed by atoms with Gasteiger partial charge in [0.05, 0.1) is 6.07 Å². The molecule has 16 heavy (non-hydrogen) atoms. The molecular formula is C12H13ClN2S. The van der Waals surface area contributed by atoms with Crippen LogP contribution in [0.15, 0.2) is 24.3 Å². The molecule has 1 fully saturated rings. The van der Waals surface area contributed by atoms with Crippen molar-refractivity contribution in [2.45, 2.75) is 18.4 Å². The lowest BCUT2D eigenvalue weighted by atomic mass is 9.97. The smallest absolute Gasteiger partial charge is 0.134 e. The van der Waals surface area contributed by atoms with Crippen molar-refractivity contribution in [3.8, 4) is 6.07 Å². The average molecular weight is 253 g/mol. The summed E-state index contributed by atoms with van der Waals surface area (Å²) in [5.41, 5.74) is 0.504. The van der Waals surface area contributed by atoms with Gasteiger partial charge in [0.1, 0.15) is 5.54 Å². The van der Waals surface area contributed by atoms with E-state index in [1.54, 1.807) is 0 Å². The molecule has 0 amide bonds. The van der Waals surface area contributed by atoms with Crippen molar-refractivity contribution in [3.05, 3.63) is 29.3 Å². The third-order valence-electron chi connectivity index (χ3n) is 2.66. The third kappa shape index (κ3) is 2.63. The molecule has 1 aromatic carbocycles. The molecule has 1 aromatic rings. The predicted octanol–water partition coefficient (Wildman–Crippen LogP) is 3.54. The van der Waals surface area contributed by atoms with E-state index in [4.69, 9.17) is 11.6 Å². The van der Waals surface area contributed by atoms with E-state index in [0.29, 0.717) is 5.02 Å². The lowest BCUT2D eigenvalue weighted by Gasteiger charge is -2.32.